The number of carbonyl (C=O) groups is 2. The minimum absolute atomic E-state index is 0.131. The van der Waals surface area contributed by atoms with Gasteiger partial charge in [0.2, 0.25) is 0 Å². The zero-order valence-corrected chi connectivity index (χ0v) is 14.4. The van der Waals surface area contributed by atoms with Crippen molar-refractivity contribution in [3.05, 3.63) is 76.0 Å². The maximum atomic E-state index is 12.1. The highest BCUT2D eigenvalue weighted by Crippen LogP contribution is 2.14. The molecule has 8 heteroatoms. The Kier molecular flexibility index (Phi) is 5.46. The van der Waals surface area contributed by atoms with Gasteiger partial charge in [-0.2, -0.15) is 0 Å². The number of carbonyl (C=O) groups excluding carboxylic acids is 2. The molecule has 1 aromatic heterocycles. The van der Waals surface area contributed by atoms with Crippen LogP contribution >= 0.6 is 0 Å². The van der Waals surface area contributed by atoms with E-state index in [0.29, 0.717) is 25.2 Å². The second-order valence-electron chi connectivity index (χ2n) is 5.94. The van der Waals surface area contributed by atoms with Gasteiger partial charge in [0.1, 0.15) is 5.69 Å². The third kappa shape index (κ3) is 4.49. The Bertz CT molecular complexity index is 963. The van der Waals surface area contributed by atoms with Gasteiger partial charge >= 0.3 is 0 Å². The molecule has 0 saturated heterocycles. The van der Waals surface area contributed by atoms with Crippen LogP contribution in [-0.4, -0.2) is 34.8 Å². The zero-order chi connectivity index (χ0) is 19.2. The standard InChI is InChI=1S/C19H18N4O4/c24-18(14-6-3-7-15(11-14)23(26)27)20-9-4-10-21-19(25)17-12-13-5-1-2-8-16(13)22-17/h1-3,5-8,11-12,22H,4,9-10H2,(H,20,24)(H,21,25). The third-order valence-corrected chi connectivity index (χ3v) is 4.02. The number of nitro groups is 1. The van der Waals surface area contributed by atoms with E-state index in [1.807, 2.05) is 24.3 Å². The second-order valence-corrected chi connectivity index (χ2v) is 5.94. The monoisotopic (exact) mass is 366 g/mol. The van der Waals surface area contributed by atoms with Crippen molar-refractivity contribution in [2.45, 2.75) is 6.42 Å². The highest BCUT2D eigenvalue weighted by molar-refractivity contribution is 5.98. The Morgan fingerprint density at radius 3 is 2.44 bits per heavy atom. The van der Waals surface area contributed by atoms with Crippen LogP contribution < -0.4 is 10.6 Å². The molecule has 1 heterocycles. The number of hydrogen-bond acceptors (Lipinski definition) is 4. The fourth-order valence-electron chi connectivity index (χ4n) is 2.65. The first kappa shape index (κ1) is 18.1. The average Bonchev–Trinajstić information content (AvgIpc) is 3.12. The molecule has 0 aliphatic heterocycles. The molecule has 27 heavy (non-hydrogen) atoms. The minimum atomic E-state index is -0.545. The lowest BCUT2D eigenvalue weighted by atomic mass is 10.2. The third-order valence-electron chi connectivity index (χ3n) is 4.02. The van der Waals surface area contributed by atoms with Crippen LogP contribution in [0.15, 0.2) is 54.6 Å². The number of hydrogen-bond donors (Lipinski definition) is 3. The fraction of sp³-hybridized carbons (Fsp3) is 0.158. The van der Waals surface area contributed by atoms with Crippen molar-refractivity contribution < 1.29 is 14.5 Å². The quantitative estimate of drug-likeness (QED) is 0.338. The molecule has 0 fully saturated rings. The van der Waals surface area contributed by atoms with Gasteiger partial charge in [-0.15, -0.1) is 0 Å². The number of benzene rings is 2. The average molecular weight is 366 g/mol. The van der Waals surface area contributed by atoms with E-state index in [0.717, 1.165) is 10.9 Å². The van der Waals surface area contributed by atoms with Gasteiger partial charge in [-0.05, 0) is 24.6 Å². The number of nitrogens with zero attached hydrogens (tertiary/aromatic N) is 1. The number of non-ortho nitro benzene ring substituents is 1. The van der Waals surface area contributed by atoms with Crippen molar-refractivity contribution in [1.29, 1.82) is 0 Å². The zero-order valence-electron chi connectivity index (χ0n) is 14.4. The molecule has 0 atom stereocenters. The van der Waals surface area contributed by atoms with Gasteiger partial charge in [-0.3, -0.25) is 19.7 Å². The summed E-state index contributed by atoms with van der Waals surface area (Å²) in [6, 6.07) is 14.9. The molecule has 3 N–H and O–H groups in total. The number of rotatable bonds is 7. The van der Waals surface area contributed by atoms with Crippen LogP contribution in [0, 0.1) is 10.1 Å². The summed E-state index contributed by atoms with van der Waals surface area (Å²) >= 11 is 0. The maximum Gasteiger partial charge on any atom is 0.270 e. The number of nitrogens with one attached hydrogen (secondary N) is 3. The van der Waals surface area contributed by atoms with Crippen LogP contribution in [0.5, 0.6) is 0 Å². The summed E-state index contributed by atoms with van der Waals surface area (Å²) in [5, 5.41) is 17.2. The highest BCUT2D eigenvalue weighted by atomic mass is 16.6. The molecule has 0 bridgehead atoms. The first-order valence-corrected chi connectivity index (χ1v) is 8.43. The SMILES string of the molecule is O=C(NCCCNC(=O)c1cc2ccccc2[nH]1)c1cccc([N+](=O)[O-])c1. The maximum absolute atomic E-state index is 12.1. The van der Waals surface area contributed by atoms with Gasteiger partial charge in [0.05, 0.1) is 4.92 Å². The largest absolute Gasteiger partial charge is 0.352 e. The van der Waals surface area contributed by atoms with E-state index in [9.17, 15) is 19.7 Å². The van der Waals surface area contributed by atoms with Crippen molar-refractivity contribution in [3.63, 3.8) is 0 Å². The Hall–Kier alpha value is -3.68. The lowest BCUT2D eigenvalue weighted by Gasteiger charge is -2.06. The lowest BCUT2D eigenvalue weighted by molar-refractivity contribution is -0.384. The number of para-hydroxylation sites is 1. The summed E-state index contributed by atoms with van der Waals surface area (Å²) < 4.78 is 0. The van der Waals surface area contributed by atoms with Gasteiger partial charge < -0.3 is 15.6 Å². The minimum Gasteiger partial charge on any atom is -0.352 e. The van der Waals surface area contributed by atoms with Gasteiger partial charge in [-0.1, -0.05) is 24.3 Å². The van der Waals surface area contributed by atoms with E-state index in [2.05, 4.69) is 15.6 Å². The second kappa shape index (κ2) is 8.13. The number of amides is 2. The smallest absolute Gasteiger partial charge is 0.270 e. The predicted molar refractivity (Wildman–Crippen MR) is 101 cm³/mol. The van der Waals surface area contributed by atoms with E-state index >= 15 is 0 Å². The van der Waals surface area contributed by atoms with Gasteiger partial charge in [0.15, 0.2) is 0 Å². The summed E-state index contributed by atoms with van der Waals surface area (Å²) in [7, 11) is 0. The van der Waals surface area contributed by atoms with Crippen LogP contribution in [0.2, 0.25) is 0 Å². The molecule has 2 aromatic carbocycles. The first-order chi connectivity index (χ1) is 13.0. The van der Waals surface area contributed by atoms with E-state index in [-0.39, 0.29) is 23.1 Å². The molecule has 0 spiro atoms. The van der Waals surface area contributed by atoms with Crippen LogP contribution in [0.1, 0.15) is 27.3 Å². The molecule has 0 aliphatic rings. The van der Waals surface area contributed by atoms with Crippen molar-refractivity contribution >= 4 is 28.4 Å². The normalized spacial score (nSPS) is 10.5. The summed E-state index contributed by atoms with van der Waals surface area (Å²) in [6.07, 6.45) is 0.534. The molecular weight excluding hydrogens is 348 g/mol. The summed E-state index contributed by atoms with van der Waals surface area (Å²) in [5.74, 6) is -0.600. The first-order valence-electron chi connectivity index (χ1n) is 8.43. The Morgan fingerprint density at radius 1 is 0.963 bits per heavy atom. The van der Waals surface area contributed by atoms with Gasteiger partial charge in [-0.25, -0.2) is 0 Å². The van der Waals surface area contributed by atoms with Gasteiger partial charge in [0, 0.05) is 41.7 Å². The van der Waals surface area contributed by atoms with Crippen molar-refractivity contribution in [2.24, 2.45) is 0 Å². The molecule has 3 rings (SSSR count). The molecule has 3 aromatic rings. The number of aromatic nitrogens is 1. The van der Waals surface area contributed by atoms with Crippen LogP contribution in [0.3, 0.4) is 0 Å². The van der Waals surface area contributed by atoms with Crippen molar-refractivity contribution in [3.8, 4) is 0 Å². The van der Waals surface area contributed by atoms with Gasteiger partial charge in [0.25, 0.3) is 17.5 Å². The molecule has 8 nitrogen and oxygen atoms in total. The van der Waals surface area contributed by atoms with E-state index in [1.165, 1.54) is 24.3 Å². The molecule has 0 saturated carbocycles. The topological polar surface area (TPSA) is 117 Å². The van der Waals surface area contributed by atoms with E-state index in [1.54, 1.807) is 6.07 Å². The molecule has 0 aliphatic carbocycles. The summed E-state index contributed by atoms with van der Waals surface area (Å²) in [4.78, 5) is 37.4. The lowest BCUT2D eigenvalue weighted by Crippen LogP contribution is -2.30. The number of aromatic amines is 1. The molecule has 138 valence electrons. The Labute approximate surface area is 154 Å². The van der Waals surface area contributed by atoms with E-state index in [4.69, 9.17) is 0 Å². The highest BCUT2D eigenvalue weighted by Gasteiger charge is 2.11. The molecule has 0 unspecified atom stereocenters. The molecule has 2 amide bonds. The van der Waals surface area contributed by atoms with Crippen molar-refractivity contribution in [1.82, 2.24) is 15.6 Å². The van der Waals surface area contributed by atoms with Crippen LogP contribution in [-0.2, 0) is 0 Å². The number of nitro benzene ring substituents is 1. The summed E-state index contributed by atoms with van der Waals surface area (Å²) in [6.45, 7) is 0.734. The molecule has 0 radical (unpaired) electrons. The number of H-pyrrole nitrogens is 1. The Balaban J connectivity index is 1.43. The molecular formula is C19H18N4O4. The summed E-state index contributed by atoms with van der Waals surface area (Å²) in [5.41, 5.74) is 1.48. The predicted octanol–water partition coefficient (Wildman–Crippen LogP) is 2.63. The van der Waals surface area contributed by atoms with Crippen LogP contribution in [0.25, 0.3) is 10.9 Å². The Morgan fingerprint density at radius 2 is 1.70 bits per heavy atom. The van der Waals surface area contributed by atoms with Crippen molar-refractivity contribution in [2.75, 3.05) is 13.1 Å². The van der Waals surface area contributed by atoms with E-state index < -0.39 is 4.92 Å². The van der Waals surface area contributed by atoms with Crippen LogP contribution in [0.4, 0.5) is 5.69 Å². The number of fused-ring (bicyclic) bond motifs is 1. The fourth-order valence-corrected chi connectivity index (χ4v) is 2.65.